The Bertz CT molecular complexity index is 1250. The molecule has 0 saturated heterocycles. The van der Waals surface area contributed by atoms with E-state index in [0.717, 1.165) is 17.3 Å². The first-order chi connectivity index (χ1) is 15.0. The van der Waals surface area contributed by atoms with E-state index in [9.17, 15) is 14.4 Å². The highest BCUT2D eigenvalue weighted by atomic mass is 32.2. The summed E-state index contributed by atoms with van der Waals surface area (Å²) in [4.78, 5) is 42.1. The molecule has 0 amide bonds. The average molecular weight is 434 g/mol. The SMILES string of the molecule is CCOC(=O)C1=NN(c2ccccc2)/C(=C(/C=O)C(=O)c2nc3ccccc3n2C)S1. The second kappa shape index (κ2) is 8.57. The minimum absolute atomic E-state index is 0.0397. The first-order valence-corrected chi connectivity index (χ1v) is 10.3. The molecule has 0 spiro atoms. The number of hydrogen-bond donors (Lipinski definition) is 0. The van der Waals surface area contributed by atoms with Crippen LogP contribution in [-0.4, -0.2) is 39.2 Å². The Kier molecular flexibility index (Phi) is 5.68. The van der Waals surface area contributed by atoms with Crippen LogP contribution in [-0.2, 0) is 21.4 Å². The Balaban J connectivity index is 1.82. The van der Waals surface area contributed by atoms with Crippen LogP contribution in [0.3, 0.4) is 0 Å². The minimum Gasteiger partial charge on any atom is -0.461 e. The van der Waals surface area contributed by atoms with Crippen LogP contribution in [0.1, 0.15) is 17.5 Å². The quantitative estimate of drug-likeness (QED) is 0.147. The van der Waals surface area contributed by atoms with Crippen LogP contribution < -0.4 is 5.01 Å². The maximum atomic E-state index is 13.4. The van der Waals surface area contributed by atoms with Gasteiger partial charge in [-0.25, -0.2) is 14.8 Å². The van der Waals surface area contributed by atoms with Gasteiger partial charge in [-0.15, -0.1) is 0 Å². The number of thioether (sulfide) groups is 1. The number of ketones is 1. The molecule has 0 saturated carbocycles. The number of Topliss-reactive ketones (excluding diaryl/α,β-unsaturated/α-hetero) is 1. The van der Waals surface area contributed by atoms with Crippen LogP contribution in [0, 0.1) is 0 Å². The molecule has 0 N–H and O–H groups in total. The molecule has 1 aliphatic rings. The van der Waals surface area contributed by atoms with Gasteiger partial charge in [0.1, 0.15) is 5.03 Å². The van der Waals surface area contributed by atoms with Crippen molar-refractivity contribution in [3.63, 3.8) is 0 Å². The van der Waals surface area contributed by atoms with Gasteiger partial charge in [0.25, 0.3) is 0 Å². The third-order valence-electron chi connectivity index (χ3n) is 4.61. The molecule has 9 heteroatoms. The molecule has 0 fully saturated rings. The summed E-state index contributed by atoms with van der Waals surface area (Å²) in [6.07, 6.45) is 0.476. The summed E-state index contributed by atoms with van der Waals surface area (Å²) in [6.45, 7) is 1.87. The standard InChI is InChI=1S/C22H18N4O4S/c1-3-30-22(29)20-24-26(14-9-5-4-6-10-14)21(31-20)15(13-27)18(28)19-23-16-11-7-8-12-17(16)25(19)2/h4-13H,3H2,1-2H3/b21-15+. The number of carbonyl (C=O) groups is 3. The summed E-state index contributed by atoms with van der Waals surface area (Å²) >= 11 is 0.922. The number of imidazole rings is 1. The zero-order chi connectivity index (χ0) is 22.0. The second-order valence-corrected chi connectivity index (χ2v) is 7.50. The van der Waals surface area contributed by atoms with Crippen molar-refractivity contribution in [1.82, 2.24) is 9.55 Å². The molecule has 0 radical (unpaired) electrons. The number of fused-ring (bicyclic) bond motifs is 1. The van der Waals surface area contributed by atoms with E-state index in [1.165, 1.54) is 5.01 Å². The maximum Gasteiger partial charge on any atom is 0.365 e. The van der Waals surface area contributed by atoms with E-state index >= 15 is 0 Å². The van der Waals surface area contributed by atoms with Crippen LogP contribution in [0.2, 0.25) is 0 Å². The lowest BCUT2D eigenvalue weighted by Crippen LogP contribution is -2.18. The first kappa shape index (κ1) is 20.5. The van der Waals surface area contributed by atoms with Gasteiger partial charge >= 0.3 is 5.97 Å². The number of benzene rings is 2. The van der Waals surface area contributed by atoms with Gasteiger partial charge in [0, 0.05) is 7.05 Å². The molecule has 0 unspecified atom stereocenters. The molecular weight excluding hydrogens is 416 g/mol. The van der Waals surface area contributed by atoms with Gasteiger partial charge in [-0.3, -0.25) is 9.59 Å². The number of nitrogens with zero attached hydrogens (tertiary/aromatic N) is 4. The fraction of sp³-hybridized carbons (Fsp3) is 0.136. The van der Waals surface area contributed by atoms with Crippen LogP contribution in [0.25, 0.3) is 11.0 Å². The smallest absolute Gasteiger partial charge is 0.365 e. The van der Waals surface area contributed by atoms with E-state index in [1.807, 2.05) is 24.3 Å². The van der Waals surface area contributed by atoms with Gasteiger partial charge in [-0.2, -0.15) is 5.10 Å². The van der Waals surface area contributed by atoms with E-state index in [2.05, 4.69) is 10.1 Å². The van der Waals surface area contributed by atoms with Crippen LogP contribution in [0.4, 0.5) is 5.69 Å². The summed E-state index contributed by atoms with van der Waals surface area (Å²) in [5.41, 5.74) is 1.87. The molecular formula is C22H18N4O4S. The van der Waals surface area contributed by atoms with Gasteiger partial charge in [0.15, 0.2) is 12.1 Å². The Morgan fingerprint density at radius 1 is 1.10 bits per heavy atom. The molecule has 3 aromatic rings. The van der Waals surface area contributed by atoms with Crippen molar-refractivity contribution < 1.29 is 19.1 Å². The molecule has 0 bridgehead atoms. The van der Waals surface area contributed by atoms with Crippen LogP contribution in [0.5, 0.6) is 0 Å². The highest BCUT2D eigenvalue weighted by molar-refractivity contribution is 8.19. The van der Waals surface area contributed by atoms with E-state index in [1.54, 1.807) is 48.9 Å². The number of aryl methyl sites for hydroxylation is 1. The average Bonchev–Trinajstić information content (AvgIpc) is 3.37. The Hall–Kier alpha value is -3.72. The number of aromatic nitrogens is 2. The highest BCUT2D eigenvalue weighted by Crippen LogP contribution is 2.37. The monoisotopic (exact) mass is 434 g/mol. The third kappa shape index (κ3) is 3.75. The third-order valence-corrected chi connectivity index (χ3v) is 5.64. The largest absolute Gasteiger partial charge is 0.461 e. The van der Waals surface area contributed by atoms with E-state index in [-0.39, 0.29) is 28.1 Å². The maximum absolute atomic E-state index is 13.4. The molecule has 0 atom stereocenters. The molecule has 31 heavy (non-hydrogen) atoms. The molecule has 2 heterocycles. The normalized spacial score (nSPS) is 15.0. The molecule has 1 aromatic heterocycles. The number of hydrazone groups is 1. The molecule has 0 aliphatic carbocycles. The number of aldehydes is 1. The molecule has 8 nitrogen and oxygen atoms in total. The number of carbonyl (C=O) groups excluding carboxylic acids is 3. The van der Waals surface area contributed by atoms with Crippen molar-refractivity contribution in [3.05, 3.63) is 71.0 Å². The predicted octanol–water partition coefficient (Wildman–Crippen LogP) is 3.30. The number of rotatable bonds is 6. The number of allylic oxidation sites excluding steroid dienone is 1. The number of ether oxygens (including phenoxy) is 1. The summed E-state index contributed by atoms with van der Waals surface area (Å²) in [5, 5.41) is 5.98. The van der Waals surface area contributed by atoms with E-state index in [0.29, 0.717) is 17.5 Å². The second-order valence-electron chi connectivity index (χ2n) is 6.52. The molecule has 4 rings (SSSR count). The zero-order valence-electron chi connectivity index (χ0n) is 16.8. The zero-order valence-corrected chi connectivity index (χ0v) is 17.6. The molecule has 2 aromatic carbocycles. The van der Waals surface area contributed by atoms with Gasteiger partial charge in [0.2, 0.25) is 10.8 Å². The summed E-state index contributed by atoms with van der Waals surface area (Å²) in [7, 11) is 1.72. The number of para-hydroxylation sites is 3. The van der Waals surface area contributed by atoms with Crippen LogP contribution >= 0.6 is 11.8 Å². The van der Waals surface area contributed by atoms with E-state index < -0.39 is 11.8 Å². The lowest BCUT2D eigenvalue weighted by atomic mass is 10.2. The molecule has 1 aliphatic heterocycles. The Morgan fingerprint density at radius 2 is 1.81 bits per heavy atom. The van der Waals surface area contributed by atoms with Gasteiger partial charge in [-0.1, -0.05) is 30.3 Å². The summed E-state index contributed by atoms with van der Waals surface area (Å²) in [6, 6.07) is 16.3. The van der Waals surface area contributed by atoms with Gasteiger partial charge in [-0.05, 0) is 43.0 Å². The number of esters is 1. The highest BCUT2D eigenvalue weighted by Gasteiger charge is 2.34. The van der Waals surface area contributed by atoms with Crippen molar-refractivity contribution in [1.29, 1.82) is 0 Å². The van der Waals surface area contributed by atoms with Gasteiger partial charge < -0.3 is 9.30 Å². The lowest BCUT2D eigenvalue weighted by molar-refractivity contribution is -0.134. The fourth-order valence-electron chi connectivity index (χ4n) is 3.15. The Labute approximate surface area is 182 Å². The minimum atomic E-state index is -0.621. The van der Waals surface area contributed by atoms with Crippen molar-refractivity contribution in [2.24, 2.45) is 12.1 Å². The Morgan fingerprint density at radius 3 is 2.48 bits per heavy atom. The number of anilines is 1. The first-order valence-electron chi connectivity index (χ1n) is 9.49. The summed E-state index contributed by atoms with van der Waals surface area (Å²) < 4.78 is 6.69. The molecule has 156 valence electrons. The van der Waals surface area contributed by atoms with Crippen molar-refractivity contribution in [2.45, 2.75) is 6.92 Å². The lowest BCUT2D eigenvalue weighted by Gasteiger charge is -2.16. The fourth-order valence-corrected chi connectivity index (χ4v) is 4.08. The van der Waals surface area contributed by atoms with Crippen molar-refractivity contribution >= 4 is 51.6 Å². The van der Waals surface area contributed by atoms with Gasteiger partial charge in [0.05, 0.1) is 28.9 Å². The van der Waals surface area contributed by atoms with Crippen molar-refractivity contribution in [2.75, 3.05) is 11.6 Å². The van der Waals surface area contributed by atoms with Crippen LogP contribution in [0.15, 0.2) is 70.3 Å². The predicted molar refractivity (Wildman–Crippen MR) is 119 cm³/mol. The van der Waals surface area contributed by atoms with E-state index in [4.69, 9.17) is 4.74 Å². The van der Waals surface area contributed by atoms with Crippen molar-refractivity contribution in [3.8, 4) is 0 Å². The summed E-state index contributed by atoms with van der Waals surface area (Å²) in [5.74, 6) is -1.06. The number of hydrogen-bond acceptors (Lipinski definition) is 8. The topological polar surface area (TPSA) is 93.9 Å².